The number of aromatic hydroxyl groups is 1. The zero-order valence-corrected chi connectivity index (χ0v) is 14.1. The fourth-order valence-electron chi connectivity index (χ4n) is 1.74. The molecule has 0 spiro atoms. The summed E-state index contributed by atoms with van der Waals surface area (Å²) in [4.78, 5) is 12.1. The van der Waals surface area contributed by atoms with Crippen LogP contribution in [0.4, 0.5) is 11.4 Å². The number of halogens is 1. The van der Waals surface area contributed by atoms with Gasteiger partial charge in [0.2, 0.25) is 0 Å². The van der Waals surface area contributed by atoms with E-state index in [9.17, 15) is 9.90 Å². The number of hydrogen-bond donors (Lipinski definition) is 4. The van der Waals surface area contributed by atoms with E-state index in [0.717, 1.165) is 11.4 Å². The third-order valence-electron chi connectivity index (χ3n) is 2.86. The zero-order chi connectivity index (χ0) is 16.1. The Balaban J connectivity index is 2.01. The molecule has 2 aromatic carbocycles. The van der Waals surface area contributed by atoms with Gasteiger partial charge in [-0.1, -0.05) is 15.9 Å². The van der Waals surface area contributed by atoms with Crippen molar-refractivity contribution in [2.75, 3.05) is 17.7 Å². The molecule has 0 aliphatic carbocycles. The van der Waals surface area contributed by atoms with Gasteiger partial charge in [0.15, 0.2) is 5.11 Å². The average molecular weight is 380 g/mol. The maximum absolute atomic E-state index is 12.1. The van der Waals surface area contributed by atoms with Crippen LogP contribution in [0.2, 0.25) is 0 Å². The summed E-state index contributed by atoms with van der Waals surface area (Å²) < 4.78 is 0.692. The van der Waals surface area contributed by atoms with Gasteiger partial charge in [-0.05, 0) is 54.7 Å². The van der Waals surface area contributed by atoms with Gasteiger partial charge in [-0.3, -0.25) is 10.1 Å². The summed E-state index contributed by atoms with van der Waals surface area (Å²) in [7, 11) is 1.83. The number of carbonyl (C=O) groups excluding carboxylic acids is 1. The fraction of sp³-hybridized carbons (Fsp3) is 0.0667. The van der Waals surface area contributed by atoms with Crippen molar-refractivity contribution < 1.29 is 9.90 Å². The number of amides is 1. The highest BCUT2D eigenvalue weighted by molar-refractivity contribution is 9.10. The molecule has 1 amide bonds. The highest BCUT2D eigenvalue weighted by atomic mass is 79.9. The van der Waals surface area contributed by atoms with Crippen LogP contribution in [0.15, 0.2) is 46.9 Å². The van der Waals surface area contributed by atoms with E-state index < -0.39 is 5.91 Å². The molecule has 0 aromatic heterocycles. The first-order valence-corrected chi connectivity index (χ1v) is 7.58. The van der Waals surface area contributed by atoms with Crippen molar-refractivity contribution in [3.05, 3.63) is 52.5 Å². The molecule has 0 heterocycles. The second-order valence-electron chi connectivity index (χ2n) is 4.40. The van der Waals surface area contributed by atoms with E-state index >= 15 is 0 Å². The summed E-state index contributed by atoms with van der Waals surface area (Å²) in [6, 6.07) is 12.0. The van der Waals surface area contributed by atoms with E-state index in [0.29, 0.717) is 4.47 Å². The number of nitrogens with one attached hydrogen (secondary N) is 3. The third kappa shape index (κ3) is 4.19. The van der Waals surface area contributed by atoms with Gasteiger partial charge in [-0.25, -0.2) is 0 Å². The van der Waals surface area contributed by atoms with Crippen molar-refractivity contribution in [2.45, 2.75) is 0 Å². The van der Waals surface area contributed by atoms with Gasteiger partial charge < -0.3 is 15.7 Å². The minimum atomic E-state index is -0.483. The summed E-state index contributed by atoms with van der Waals surface area (Å²) in [6.45, 7) is 0. The van der Waals surface area contributed by atoms with Crippen LogP contribution in [-0.2, 0) is 0 Å². The van der Waals surface area contributed by atoms with E-state index in [2.05, 4.69) is 31.9 Å². The van der Waals surface area contributed by atoms with Gasteiger partial charge in [0, 0.05) is 22.9 Å². The lowest BCUT2D eigenvalue weighted by atomic mass is 10.2. The van der Waals surface area contributed by atoms with Crippen LogP contribution >= 0.6 is 28.1 Å². The van der Waals surface area contributed by atoms with Crippen molar-refractivity contribution in [3.8, 4) is 5.75 Å². The molecule has 0 fully saturated rings. The molecular weight excluding hydrogens is 366 g/mol. The summed E-state index contributed by atoms with van der Waals surface area (Å²) in [5.41, 5.74) is 1.87. The van der Waals surface area contributed by atoms with Gasteiger partial charge in [-0.15, -0.1) is 0 Å². The Morgan fingerprint density at radius 2 is 1.77 bits per heavy atom. The van der Waals surface area contributed by atoms with Crippen LogP contribution in [0, 0.1) is 0 Å². The molecular formula is C15H14BrN3O2S. The lowest BCUT2D eigenvalue weighted by Crippen LogP contribution is -2.34. The van der Waals surface area contributed by atoms with E-state index in [1.165, 1.54) is 12.1 Å². The molecule has 0 radical (unpaired) electrons. The molecule has 2 aromatic rings. The van der Waals surface area contributed by atoms with Crippen LogP contribution in [0.25, 0.3) is 0 Å². The molecule has 0 unspecified atom stereocenters. The summed E-state index contributed by atoms with van der Waals surface area (Å²) in [5, 5.41) is 18.3. The SMILES string of the molecule is CNc1ccc(NC(=S)NC(=O)c2cc(Br)ccc2O)cc1. The highest BCUT2D eigenvalue weighted by Crippen LogP contribution is 2.21. The van der Waals surface area contributed by atoms with Crippen molar-refractivity contribution in [1.29, 1.82) is 0 Å². The Morgan fingerprint density at radius 3 is 2.41 bits per heavy atom. The Hall–Kier alpha value is -2.12. The molecule has 0 saturated carbocycles. The van der Waals surface area contributed by atoms with Crippen molar-refractivity contribution in [2.24, 2.45) is 0 Å². The van der Waals surface area contributed by atoms with E-state index in [-0.39, 0.29) is 16.4 Å². The molecule has 0 atom stereocenters. The Morgan fingerprint density at radius 1 is 1.14 bits per heavy atom. The average Bonchev–Trinajstić information content (AvgIpc) is 2.50. The first kappa shape index (κ1) is 16.3. The molecule has 0 bridgehead atoms. The van der Waals surface area contributed by atoms with Gasteiger partial charge in [-0.2, -0.15) is 0 Å². The largest absolute Gasteiger partial charge is 0.507 e. The van der Waals surface area contributed by atoms with Crippen LogP contribution in [0.5, 0.6) is 5.75 Å². The van der Waals surface area contributed by atoms with Crippen molar-refractivity contribution >= 4 is 50.5 Å². The molecule has 0 aliphatic heterocycles. The summed E-state index contributed by atoms with van der Waals surface area (Å²) in [5.74, 6) is -0.593. The third-order valence-corrected chi connectivity index (χ3v) is 3.56. The molecule has 4 N–H and O–H groups in total. The van der Waals surface area contributed by atoms with Crippen LogP contribution in [0.3, 0.4) is 0 Å². The fourth-order valence-corrected chi connectivity index (χ4v) is 2.31. The summed E-state index contributed by atoms with van der Waals surface area (Å²) in [6.07, 6.45) is 0. The number of phenols is 1. The highest BCUT2D eigenvalue weighted by Gasteiger charge is 2.13. The Labute approximate surface area is 141 Å². The lowest BCUT2D eigenvalue weighted by molar-refractivity contribution is 0.0975. The number of carbonyl (C=O) groups is 1. The number of anilines is 2. The predicted molar refractivity (Wildman–Crippen MR) is 95.5 cm³/mol. The van der Waals surface area contributed by atoms with E-state index in [1.807, 2.05) is 31.3 Å². The number of rotatable bonds is 3. The minimum Gasteiger partial charge on any atom is -0.507 e. The predicted octanol–water partition coefficient (Wildman–Crippen LogP) is 3.32. The topological polar surface area (TPSA) is 73.4 Å². The second kappa shape index (κ2) is 7.24. The zero-order valence-electron chi connectivity index (χ0n) is 11.7. The maximum Gasteiger partial charge on any atom is 0.261 e. The molecule has 7 heteroatoms. The molecule has 5 nitrogen and oxygen atoms in total. The quantitative estimate of drug-likeness (QED) is 0.615. The summed E-state index contributed by atoms with van der Waals surface area (Å²) >= 11 is 8.35. The van der Waals surface area contributed by atoms with Gasteiger partial charge >= 0.3 is 0 Å². The van der Waals surface area contributed by atoms with Crippen LogP contribution in [0.1, 0.15) is 10.4 Å². The molecule has 114 valence electrons. The van der Waals surface area contributed by atoms with Crippen molar-refractivity contribution in [1.82, 2.24) is 5.32 Å². The number of hydrogen-bond acceptors (Lipinski definition) is 4. The normalized spacial score (nSPS) is 9.91. The Bertz CT molecular complexity index is 704. The lowest BCUT2D eigenvalue weighted by Gasteiger charge is -2.11. The van der Waals surface area contributed by atoms with Gasteiger partial charge in [0.25, 0.3) is 5.91 Å². The second-order valence-corrected chi connectivity index (χ2v) is 5.72. The van der Waals surface area contributed by atoms with E-state index in [1.54, 1.807) is 6.07 Å². The minimum absolute atomic E-state index is 0.109. The molecule has 0 aliphatic rings. The molecule has 0 saturated heterocycles. The van der Waals surface area contributed by atoms with E-state index in [4.69, 9.17) is 12.2 Å². The van der Waals surface area contributed by atoms with Gasteiger partial charge in [0.1, 0.15) is 5.75 Å². The standard InChI is InChI=1S/C15H14BrN3O2S/c1-17-10-3-5-11(6-4-10)18-15(22)19-14(21)12-8-9(16)2-7-13(12)20/h2-8,17,20H,1H3,(H2,18,19,21,22). The molecule has 22 heavy (non-hydrogen) atoms. The van der Waals surface area contributed by atoms with Crippen LogP contribution in [-0.4, -0.2) is 23.2 Å². The Kier molecular flexibility index (Phi) is 5.35. The number of thiocarbonyl (C=S) groups is 1. The number of phenolic OH excluding ortho intramolecular Hbond substituents is 1. The monoisotopic (exact) mass is 379 g/mol. The smallest absolute Gasteiger partial charge is 0.261 e. The first-order valence-electron chi connectivity index (χ1n) is 6.38. The van der Waals surface area contributed by atoms with Crippen LogP contribution < -0.4 is 16.0 Å². The van der Waals surface area contributed by atoms with Gasteiger partial charge in [0.05, 0.1) is 5.56 Å². The number of benzene rings is 2. The maximum atomic E-state index is 12.1. The first-order chi connectivity index (χ1) is 10.5. The molecule has 2 rings (SSSR count). The van der Waals surface area contributed by atoms with Crippen molar-refractivity contribution in [3.63, 3.8) is 0 Å².